The minimum atomic E-state index is -4.71. The van der Waals surface area contributed by atoms with Gasteiger partial charge in [0.05, 0.1) is 33.7 Å². The molecule has 0 atom stereocenters. The zero-order valence-corrected chi connectivity index (χ0v) is 26.9. The third kappa shape index (κ3) is 6.77. The molecule has 1 aliphatic rings. The summed E-state index contributed by atoms with van der Waals surface area (Å²) >= 11 is 7.87. The van der Waals surface area contributed by atoms with Crippen molar-refractivity contribution in [3.05, 3.63) is 52.4 Å². The van der Waals surface area contributed by atoms with Gasteiger partial charge in [-0.25, -0.2) is 14.2 Å². The van der Waals surface area contributed by atoms with Crippen molar-refractivity contribution in [1.29, 1.82) is 0 Å². The van der Waals surface area contributed by atoms with Crippen LogP contribution in [-0.2, 0) is 10.9 Å². The first kappa shape index (κ1) is 33.8. The number of alkyl halides is 3. The van der Waals surface area contributed by atoms with Crippen molar-refractivity contribution in [1.82, 2.24) is 19.7 Å². The van der Waals surface area contributed by atoms with E-state index in [4.69, 9.17) is 21.4 Å². The number of carbonyl (C=O) groups excluding carboxylic acids is 1. The number of likely N-dealkylation sites (tertiary alicyclic amines) is 1. The van der Waals surface area contributed by atoms with E-state index in [1.807, 2.05) is 20.8 Å². The van der Waals surface area contributed by atoms with Gasteiger partial charge in [0.2, 0.25) is 0 Å². The van der Waals surface area contributed by atoms with Gasteiger partial charge in [0.15, 0.2) is 5.82 Å². The van der Waals surface area contributed by atoms with E-state index < -0.39 is 23.2 Å². The average Bonchev–Trinajstić information content (AvgIpc) is 3.37. The molecule has 13 heteroatoms. The monoisotopic (exact) mass is 654 g/mol. The fraction of sp³-hybridized carbons (Fsp3) is 0.452. The van der Waals surface area contributed by atoms with Crippen LogP contribution in [0.4, 0.5) is 22.4 Å². The Bertz CT molecular complexity index is 1680. The van der Waals surface area contributed by atoms with Gasteiger partial charge < -0.3 is 14.7 Å². The highest BCUT2D eigenvalue weighted by atomic mass is 35.5. The van der Waals surface area contributed by atoms with E-state index >= 15 is 4.39 Å². The number of fused-ring (bicyclic) bond motifs is 3. The van der Waals surface area contributed by atoms with Crippen LogP contribution in [0.15, 0.2) is 35.5 Å². The molecule has 0 spiro atoms. The smallest absolute Gasteiger partial charge is 0.417 e. The normalized spacial score (nSPS) is 14.6. The zero-order valence-electron chi connectivity index (χ0n) is 25.4. The molecule has 1 fully saturated rings. The summed E-state index contributed by atoms with van der Waals surface area (Å²) in [6.07, 6.45) is -0.463. The minimum absolute atomic E-state index is 0.0328. The molecule has 1 aliphatic heterocycles. The Morgan fingerprint density at radius 2 is 1.82 bits per heavy atom. The van der Waals surface area contributed by atoms with Crippen LogP contribution in [-0.4, -0.2) is 62.4 Å². The molecule has 2 aromatic carbocycles. The number of piperidine rings is 1. The van der Waals surface area contributed by atoms with E-state index in [9.17, 15) is 18.0 Å². The molecule has 0 aliphatic carbocycles. The lowest BCUT2D eigenvalue weighted by atomic mass is 9.94. The number of aryl methyl sites for hydroxylation is 1. The van der Waals surface area contributed by atoms with Gasteiger partial charge in [0.1, 0.15) is 16.1 Å². The topological polar surface area (TPSA) is 80.5 Å². The van der Waals surface area contributed by atoms with Gasteiger partial charge in [-0.1, -0.05) is 29.8 Å². The standard InChI is InChI=1S/C29H29ClF4N4O2S.C2H6O/c1-15-7-6-8-17(22(15)29(32,33)34)21-20(30)13-18-24(23(21)31)36-26(41-5)19-14-35-38(25(18)19)16-9-11-37(12-10-16)27(39)40-28(2,3)4;1-2-3/h6-8,13-14,16H,9-12H2,1-5H3;3H,2H2,1H3. The number of thioether (sulfide) groups is 1. The SMILES string of the molecule is CCO.CSc1nc2c(F)c(-c3cccc(C)c3C(F)(F)F)c(Cl)cc2c2c1cnn2C1CCN(C(=O)OC(C)(C)C)CC1. The first-order valence-electron chi connectivity index (χ1n) is 14.1. The molecule has 0 radical (unpaired) electrons. The number of ether oxygens (including phenoxy) is 1. The van der Waals surface area contributed by atoms with Crippen molar-refractivity contribution >= 4 is 51.3 Å². The Morgan fingerprint density at radius 1 is 1.18 bits per heavy atom. The summed E-state index contributed by atoms with van der Waals surface area (Å²) < 4.78 is 65.7. The number of benzene rings is 2. The van der Waals surface area contributed by atoms with E-state index in [2.05, 4.69) is 10.1 Å². The molecule has 5 rings (SSSR count). The average molecular weight is 655 g/mol. The third-order valence-electron chi connectivity index (χ3n) is 7.17. The van der Waals surface area contributed by atoms with Gasteiger partial charge in [0.25, 0.3) is 0 Å². The molecule has 1 N–H and O–H groups in total. The maximum Gasteiger partial charge on any atom is 0.417 e. The Labute approximate surface area is 262 Å². The van der Waals surface area contributed by atoms with Crippen LogP contribution in [0.1, 0.15) is 57.7 Å². The second-order valence-corrected chi connectivity index (χ2v) is 12.6. The molecule has 7 nitrogen and oxygen atoms in total. The second-order valence-electron chi connectivity index (χ2n) is 11.4. The van der Waals surface area contributed by atoms with Crippen LogP contribution in [0.2, 0.25) is 5.02 Å². The quantitative estimate of drug-likeness (QED) is 0.176. The number of nitrogens with zero attached hydrogens (tertiary/aromatic N) is 4. The predicted molar refractivity (Wildman–Crippen MR) is 166 cm³/mol. The molecule has 4 aromatic rings. The van der Waals surface area contributed by atoms with E-state index in [1.54, 1.807) is 29.0 Å². The number of amides is 1. The highest BCUT2D eigenvalue weighted by Gasteiger charge is 2.37. The third-order valence-corrected chi connectivity index (χ3v) is 8.16. The number of aliphatic hydroxyl groups excluding tert-OH is 1. The fourth-order valence-electron chi connectivity index (χ4n) is 5.40. The molecule has 1 saturated heterocycles. The van der Waals surface area contributed by atoms with Gasteiger partial charge in [-0.05, 0) is 70.9 Å². The molecule has 2 aromatic heterocycles. The molecule has 0 saturated carbocycles. The molecule has 0 unspecified atom stereocenters. The van der Waals surface area contributed by atoms with E-state index in [0.29, 0.717) is 47.2 Å². The van der Waals surface area contributed by atoms with Crippen LogP contribution in [0.5, 0.6) is 0 Å². The van der Waals surface area contributed by atoms with Gasteiger partial charge in [-0.2, -0.15) is 18.3 Å². The fourth-order valence-corrected chi connectivity index (χ4v) is 6.24. The summed E-state index contributed by atoms with van der Waals surface area (Å²) in [4.78, 5) is 18.7. The van der Waals surface area contributed by atoms with Gasteiger partial charge in [0, 0.05) is 30.6 Å². The predicted octanol–water partition coefficient (Wildman–Crippen LogP) is 8.66. The zero-order chi connectivity index (χ0) is 32.6. The first-order chi connectivity index (χ1) is 20.6. The summed E-state index contributed by atoms with van der Waals surface area (Å²) in [5, 5.41) is 13.6. The Kier molecular flexibility index (Phi) is 10.1. The van der Waals surface area contributed by atoms with Crippen LogP contribution >= 0.6 is 23.4 Å². The van der Waals surface area contributed by atoms with Crippen LogP contribution in [0.3, 0.4) is 0 Å². The number of pyridine rings is 1. The van der Waals surface area contributed by atoms with Crippen molar-refractivity contribution in [2.24, 2.45) is 0 Å². The lowest BCUT2D eigenvalue weighted by Gasteiger charge is -2.33. The lowest BCUT2D eigenvalue weighted by Crippen LogP contribution is -2.42. The van der Waals surface area contributed by atoms with E-state index in [1.165, 1.54) is 43.0 Å². The summed E-state index contributed by atoms with van der Waals surface area (Å²) in [6.45, 7) is 9.61. The van der Waals surface area contributed by atoms with Crippen molar-refractivity contribution in [3.63, 3.8) is 0 Å². The van der Waals surface area contributed by atoms with Crippen LogP contribution in [0, 0.1) is 12.7 Å². The van der Waals surface area contributed by atoms with E-state index in [-0.39, 0.29) is 46.0 Å². The lowest BCUT2D eigenvalue weighted by molar-refractivity contribution is -0.137. The van der Waals surface area contributed by atoms with E-state index in [0.717, 1.165) is 0 Å². The Morgan fingerprint density at radius 3 is 2.39 bits per heavy atom. The minimum Gasteiger partial charge on any atom is -0.444 e. The van der Waals surface area contributed by atoms with Crippen molar-refractivity contribution < 1.29 is 32.2 Å². The Balaban J connectivity index is 0.00000141. The molecule has 238 valence electrons. The van der Waals surface area contributed by atoms with Crippen LogP contribution in [0.25, 0.3) is 32.9 Å². The number of hydrogen-bond donors (Lipinski definition) is 1. The highest BCUT2D eigenvalue weighted by Crippen LogP contribution is 2.45. The van der Waals surface area contributed by atoms with Gasteiger partial charge in [-0.15, -0.1) is 11.8 Å². The number of aromatic nitrogens is 3. The van der Waals surface area contributed by atoms with Crippen LogP contribution < -0.4 is 0 Å². The maximum absolute atomic E-state index is 16.3. The van der Waals surface area contributed by atoms with Crippen molar-refractivity contribution in [2.75, 3.05) is 26.0 Å². The maximum atomic E-state index is 16.3. The molecule has 44 heavy (non-hydrogen) atoms. The Hall–Kier alpha value is -3.09. The molecule has 0 bridgehead atoms. The second kappa shape index (κ2) is 13.1. The summed E-state index contributed by atoms with van der Waals surface area (Å²) in [5.41, 5.74) is -1.73. The molecule has 3 heterocycles. The van der Waals surface area contributed by atoms with Gasteiger partial charge >= 0.3 is 12.3 Å². The molecular weight excluding hydrogens is 620 g/mol. The summed E-state index contributed by atoms with van der Waals surface area (Å²) in [7, 11) is 0. The van der Waals surface area contributed by atoms with Gasteiger partial charge in [-0.3, -0.25) is 4.68 Å². The number of aliphatic hydroxyl groups is 1. The number of rotatable bonds is 3. The highest BCUT2D eigenvalue weighted by molar-refractivity contribution is 7.98. The van der Waals surface area contributed by atoms with Crippen molar-refractivity contribution in [3.8, 4) is 11.1 Å². The number of hydrogen-bond acceptors (Lipinski definition) is 6. The van der Waals surface area contributed by atoms with Crippen molar-refractivity contribution in [2.45, 2.75) is 70.3 Å². The first-order valence-corrected chi connectivity index (χ1v) is 15.7. The molecule has 1 amide bonds. The molecular formula is C31H35ClF4N4O3S. The largest absolute Gasteiger partial charge is 0.444 e. The number of carbonyl (C=O) groups is 1. The summed E-state index contributed by atoms with van der Waals surface area (Å²) in [6, 6.07) is 5.37. The number of halogens is 5. The summed E-state index contributed by atoms with van der Waals surface area (Å²) in [5.74, 6) is -0.923.